The first-order chi connectivity index (χ1) is 10.4. The highest BCUT2D eigenvalue weighted by molar-refractivity contribution is 5.27. The second kappa shape index (κ2) is 9.83. The zero-order valence-corrected chi connectivity index (χ0v) is 13.5. The largest absolute Gasteiger partial charge is 0.491 e. The average Bonchev–Trinajstić information content (AvgIpc) is 2.54. The van der Waals surface area contributed by atoms with Crippen LogP contribution in [-0.4, -0.2) is 19.3 Å². The predicted molar refractivity (Wildman–Crippen MR) is 88.0 cm³/mol. The first-order valence-corrected chi connectivity index (χ1v) is 8.72. The Labute approximate surface area is 129 Å². The number of benzene rings is 1. The smallest absolute Gasteiger partial charge is 0.119 e. The molecule has 0 aliphatic heterocycles. The van der Waals surface area contributed by atoms with Gasteiger partial charge in [0.2, 0.25) is 0 Å². The third-order valence-corrected chi connectivity index (χ3v) is 4.25. The first kappa shape index (κ1) is 16.4. The topological polar surface area (TPSA) is 18.5 Å². The molecule has 2 rings (SSSR count). The molecule has 1 aromatic carbocycles. The normalized spacial score (nSPS) is 16.0. The Morgan fingerprint density at radius 1 is 0.952 bits per heavy atom. The summed E-state index contributed by atoms with van der Waals surface area (Å²) in [6, 6.07) is 8.55. The number of rotatable bonds is 9. The molecule has 0 amide bonds. The van der Waals surface area contributed by atoms with E-state index in [2.05, 4.69) is 31.2 Å². The van der Waals surface area contributed by atoms with Gasteiger partial charge in [0.05, 0.1) is 12.7 Å². The van der Waals surface area contributed by atoms with E-state index in [9.17, 15) is 0 Å². The molecule has 2 nitrogen and oxygen atoms in total. The van der Waals surface area contributed by atoms with Crippen LogP contribution in [0.3, 0.4) is 0 Å². The summed E-state index contributed by atoms with van der Waals surface area (Å²) in [4.78, 5) is 0. The summed E-state index contributed by atoms with van der Waals surface area (Å²) in [5.74, 6) is 0.960. The van der Waals surface area contributed by atoms with Gasteiger partial charge in [0, 0.05) is 0 Å². The summed E-state index contributed by atoms with van der Waals surface area (Å²) in [7, 11) is 0. The summed E-state index contributed by atoms with van der Waals surface area (Å²) < 4.78 is 11.6. The van der Waals surface area contributed by atoms with E-state index in [1.54, 1.807) is 0 Å². The van der Waals surface area contributed by atoms with Crippen LogP contribution in [0, 0.1) is 0 Å². The molecule has 1 saturated carbocycles. The maximum absolute atomic E-state index is 5.87. The van der Waals surface area contributed by atoms with Gasteiger partial charge in [0.25, 0.3) is 0 Å². The highest BCUT2D eigenvalue weighted by Crippen LogP contribution is 2.20. The molecule has 0 radical (unpaired) electrons. The van der Waals surface area contributed by atoms with E-state index < -0.39 is 0 Å². The lowest BCUT2D eigenvalue weighted by atomic mass is 9.98. The molecule has 0 bridgehead atoms. The van der Waals surface area contributed by atoms with Crippen molar-refractivity contribution in [2.24, 2.45) is 0 Å². The van der Waals surface area contributed by atoms with Crippen molar-refractivity contribution in [2.75, 3.05) is 13.2 Å². The molecule has 0 unspecified atom stereocenters. The van der Waals surface area contributed by atoms with Gasteiger partial charge in [0.15, 0.2) is 0 Å². The Hall–Kier alpha value is -1.02. The quantitative estimate of drug-likeness (QED) is 0.586. The number of hydrogen-bond donors (Lipinski definition) is 0. The molecule has 118 valence electrons. The molecule has 1 aliphatic carbocycles. The molecular formula is C19H30O2. The maximum Gasteiger partial charge on any atom is 0.119 e. The monoisotopic (exact) mass is 290 g/mol. The van der Waals surface area contributed by atoms with Gasteiger partial charge in [-0.2, -0.15) is 0 Å². The van der Waals surface area contributed by atoms with Crippen molar-refractivity contribution >= 4 is 0 Å². The summed E-state index contributed by atoms with van der Waals surface area (Å²) in [6.45, 7) is 3.61. The van der Waals surface area contributed by atoms with Gasteiger partial charge in [-0.15, -0.1) is 0 Å². The van der Waals surface area contributed by atoms with Crippen molar-refractivity contribution in [3.63, 3.8) is 0 Å². The van der Waals surface area contributed by atoms with Crippen LogP contribution in [0.4, 0.5) is 0 Å². The Kier molecular flexibility index (Phi) is 7.66. The zero-order chi connectivity index (χ0) is 14.8. The summed E-state index contributed by atoms with van der Waals surface area (Å²) >= 11 is 0. The molecule has 0 heterocycles. The number of unbranched alkanes of at least 4 members (excludes halogenated alkanes) is 2. The second-order valence-corrected chi connectivity index (χ2v) is 6.08. The highest BCUT2D eigenvalue weighted by atomic mass is 16.5. The minimum Gasteiger partial charge on any atom is -0.491 e. The molecule has 1 fully saturated rings. The minimum absolute atomic E-state index is 0.475. The van der Waals surface area contributed by atoms with Crippen LogP contribution >= 0.6 is 0 Å². The second-order valence-electron chi connectivity index (χ2n) is 6.08. The standard InChI is InChI=1S/C19H30O2/c1-2-3-5-8-17-11-13-19(14-12-17)21-16-15-20-18-9-6-4-7-10-18/h11-14,18H,2-10,15-16H2,1H3. The lowest BCUT2D eigenvalue weighted by molar-refractivity contribution is 0.0129. The molecule has 2 heteroatoms. The molecular weight excluding hydrogens is 260 g/mol. The van der Waals surface area contributed by atoms with Gasteiger partial charge in [-0.3, -0.25) is 0 Å². The fourth-order valence-electron chi connectivity index (χ4n) is 2.94. The van der Waals surface area contributed by atoms with Crippen molar-refractivity contribution in [1.82, 2.24) is 0 Å². The predicted octanol–water partition coefficient (Wildman–Crippen LogP) is 5.15. The van der Waals surface area contributed by atoms with Crippen LogP contribution in [0.25, 0.3) is 0 Å². The zero-order valence-electron chi connectivity index (χ0n) is 13.5. The number of aryl methyl sites for hydroxylation is 1. The van der Waals surface area contributed by atoms with E-state index >= 15 is 0 Å². The average molecular weight is 290 g/mol. The summed E-state index contributed by atoms with van der Waals surface area (Å²) in [5, 5.41) is 0. The Bertz CT molecular complexity index is 366. The Morgan fingerprint density at radius 2 is 1.71 bits per heavy atom. The van der Waals surface area contributed by atoms with Crippen molar-refractivity contribution in [3.8, 4) is 5.75 Å². The van der Waals surface area contributed by atoms with Gasteiger partial charge in [-0.25, -0.2) is 0 Å². The van der Waals surface area contributed by atoms with Crippen LogP contribution in [0.2, 0.25) is 0 Å². The third-order valence-electron chi connectivity index (χ3n) is 4.25. The van der Waals surface area contributed by atoms with Crippen LogP contribution < -0.4 is 4.74 Å². The molecule has 1 aliphatic rings. The van der Waals surface area contributed by atoms with E-state index in [0.717, 1.165) is 5.75 Å². The Morgan fingerprint density at radius 3 is 2.43 bits per heavy atom. The SMILES string of the molecule is CCCCCc1ccc(OCCOC2CCCCC2)cc1. The number of ether oxygens (including phenoxy) is 2. The van der Waals surface area contributed by atoms with Crippen LogP contribution in [0.15, 0.2) is 24.3 Å². The fourth-order valence-corrected chi connectivity index (χ4v) is 2.94. The summed E-state index contributed by atoms with van der Waals surface area (Å²) in [6.07, 6.45) is 12.0. The molecule has 0 aromatic heterocycles. The van der Waals surface area contributed by atoms with Crippen LogP contribution in [0.5, 0.6) is 5.75 Å². The number of hydrogen-bond acceptors (Lipinski definition) is 2. The first-order valence-electron chi connectivity index (χ1n) is 8.72. The maximum atomic E-state index is 5.87. The molecule has 21 heavy (non-hydrogen) atoms. The van der Waals surface area contributed by atoms with Gasteiger partial charge in [0.1, 0.15) is 12.4 Å². The van der Waals surface area contributed by atoms with Crippen molar-refractivity contribution in [3.05, 3.63) is 29.8 Å². The third kappa shape index (κ3) is 6.52. The van der Waals surface area contributed by atoms with E-state index in [0.29, 0.717) is 19.3 Å². The fraction of sp³-hybridized carbons (Fsp3) is 0.684. The minimum atomic E-state index is 0.475. The lowest BCUT2D eigenvalue weighted by Gasteiger charge is -2.21. The van der Waals surface area contributed by atoms with E-state index in [4.69, 9.17) is 9.47 Å². The van der Waals surface area contributed by atoms with Crippen molar-refractivity contribution in [2.45, 2.75) is 70.8 Å². The van der Waals surface area contributed by atoms with E-state index in [1.165, 1.54) is 63.4 Å². The molecule has 0 N–H and O–H groups in total. The molecule has 0 saturated heterocycles. The van der Waals surface area contributed by atoms with Crippen molar-refractivity contribution < 1.29 is 9.47 Å². The molecule has 1 aromatic rings. The van der Waals surface area contributed by atoms with Crippen LogP contribution in [-0.2, 0) is 11.2 Å². The molecule has 0 atom stereocenters. The highest BCUT2D eigenvalue weighted by Gasteiger charge is 2.13. The van der Waals surface area contributed by atoms with Gasteiger partial charge in [-0.1, -0.05) is 51.2 Å². The van der Waals surface area contributed by atoms with Gasteiger partial charge >= 0.3 is 0 Å². The van der Waals surface area contributed by atoms with Crippen LogP contribution in [0.1, 0.15) is 63.9 Å². The van der Waals surface area contributed by atoms with Gasteiger partial charge < -0.3 is 9.47 Å². The lowest BCUT2D eigenvalue weighted by Crippen LogP contribution is -2.19. The van der Waals surface area contributed by atoms with Gasteiger partial charge in [-0.05, 0) is 43.4 Å². The molecule has 0 spiro atoms. The van der Waals surface area contributed by atoms with Crippen molar-refractivity contribution in [1.29, 1.82) is 0 Å². The van der Waals surface area contributed by atoms with E-state index in [-0.39, 0.29) is 0 Å². The van der Waals surface area contributed by atoms with E-state index in [1.807, 2.05) is 0 Å². The summed E-state index contributed by atoms with van der Waals surface area (Å²) in [5.41, 5.74) is 1.41. The Balaban J connectivity index is 1.59.